The van der Waals surface area contributed by atoms with Crippen molar-refractivity contribution in [3.05, 3.63) is 109 Å². The molecule has 0 unspecified atom stereocenters. The molecule has 0 N–H and O–H groups in total. The van der Waals surface area contributed by atoms with Gasteiger partial charge in [-0.3, -0.25) is 0 Å². The lowest BCUT2D eigenvalue weighted by molar-refractivity contribution is -0.117. The van der Waals surface area contributed by atoms with Gasteiger partial charge in [-0.05, 0) is 35.2 Å². The van der Waals surface area contributed by atoms with Gasteiger partial charge < -0.3 is 4.79 Å². The summed E-state index contributed by atoms with van der Waals surface area (Å²) < 4.78 is 0. The normalized spacial score (nSPS) is 11.4. The first-order valence-corrected chi connectivity index (χ1v) is 17.3. The van der Waals surface area contributed by atoms with Crippen LogP contribution in [0.3, 0.4) is 0 Å². The van der Waals surface area contributed by atoms with Crippen LogP contribution < -0.4 is 10.4 Å². The molecule has 0 atom stereocenters. The van der Waals surface area contributed by atoms with Gasteiger partial charge in [0.2, 0.25) is 0 Å². The highest BCUT2D eigenvalue weighted by molar-refractivity contribution is 7.07. The number of unbranched alkanes of at least 4 members (excludes halogenated alkanes) is 11. The smallest absolute Gasteiger partial charge is 0.147 e. The van der Waals surface area contributed by atoms with E-state index in [0.717, 1.165) is 6.42 Å². The van der Waals surface area contributed by atoms with E-state index in [-0.39, 0.29) is 0 Å². The molecule has 38 heavy (non-hydrogen) atoms. The number of aryl methyl sites for hydroxylation is 1. The Balaban J connectivity index is 1.24. The average molecular weight is 525 g/mol. The van der Waals surface area contributed by atoms with Crippen molar-refractivity contribution in [2.45, 2.75) is 95.9 Å². The van der Waals surface area contributed by atoms with E-state index in [1.165, 1.54) is 93.0 Å². The summed E-state index contributed by atoms with van der Waals surface area (Å²) in [5.41, 5.74) is 3.59. The van der Waals surface area contributed by atoms with Crippen molar-refractivity contribution in [2.75, 3.05) is 0 Å². The fourth-order valence-corrected chi connectivity index (χ4v) is 9.34. The van der Waals surface area contributed by atoms with Gasteiger partial charge in [-0.1, -0.05) is 161 Å². The number of hydrogen-bond donors (Lipinski definition) is 0. The van der Waals surface area contributed by atoms with E-state index in [9.17, 15) is 4.79 Å². The van der Waals surface area contributed by atoms with Crippen LogP contribution in [0, 0.1) is 0 Å². The van der Waals surface area contributed by atoms with Crippen molar-refractivity contribution in [3.63, 3.8) is 0 Å². The summed E-state index contributed by atoms with van der Waals surface area (Å²) in [6.45, 7) is 4.23. The van der Waals surface area contributed by atoms with E-state index in [4.69, 9.17) is 0 Å². The molecule has 3 aromatic carbocycles. The summed E-state index contributed by atoms with van der Waals surface area (Å²) in [4.78, 5) is 13.1. The van der Waals surface area contributed by atoms with E-state index < -0.39 is 8.07 Å². The molecule has 0 heterocycles. The molecule has 0 saturated heterocycles. The van der Waals surface area contributed by atoms with E-state index in [1.807, 2.05) is 12.1 Å². The lowest BCUT2D eigenvalue weighted by Crippen LogP contribution is -2.58. The monoisotopic (exact) mass is 524 g/mol. The Morgan fingerprint density at radius 1 is 0.553 bits per heavy atom. The van der Waals surface area contributed by atoms with E-state index in [2.05, 4.69) is 91.1 Å². The maximum atomic E-state index is 13.1. The van der Waals surface area contributed by atoms with Gasteiger partial charge in [0.15, 0.2) is 0 Å². The SMILES string of the molecule is C=C[Si](CC(=O)CCCCCCCCCCCCCCc1ccccc1)(c1ccccc1)c1ccccc1. The number of carbonyl (C=O) groups excluding carboxylic acids is 1. The van der Waals surface area contributed by atoms with Crippen molar-refractivity contribution in [2.24, 2.45) is 0 Å². The second-order valence-electron chi connectivity index (χ2n) is 10.9. The minimum atomic E-state index is -2.29. The highest BCUT2D eigenvalue weighted by Crippen LogP contribution is 2.18. The highest BCUT2D eigenvalue weighted by atomic mass is 28.3. The van der Waals surface area contributed by atoms with Gasteiger partial charge in [-0.2, -0.15) is 0 Å². The van der Waals surface area contributed by atoms with Gasteiger partial charge in [0.05, 0.1) is 0 Å². The third kappa shape index (κ3) is 10.2. The summed E-state index contributed by atoms with van der Waals surface area (Å²) >= 11 is 0. The van der Waals surface area contributed by atoms with E-state index >= 15 is 0 Å². The summed E-state index contributed by atoms with van der Waals surface area (Å²) in [7, 11) is -2.29. The third-order valence-electron chi connectivity index (χ3n) is 7.92. The van der Waals surface area contributed by atoms with Crippen LogP contribution in [0.4, 0.5) is 0 Å². The van der Waals surface area contributed by atoms with Gasteiger partial charge in [-0.25, -0.2) is 0 Å². The zero-order valence-electron chi connectivity index (χ0n) is 23.5. The summed E-state index contributed by atoms with van der Waals surface area (Å²) in [5, 5.41) is 2.56. The number of carbonyl (C=O) groups is 1. The fraction of sp³-hybridized carbons (Fsp3) is 0.417. The van der Waals surface area contributed by atoms with Crippen molar-refractivity contribution in [1.29, 1.82) is 0 Å². The molecule has 0 aromatic heterocycles. The Labute approximate surface area is 233 Å². The van der Waals surface area contributed by atoms with Crippen LogP contribution in [0.2, 0.25) is 6.04 Å². The summed E-state index contributed by atoms with van der Waals surface area (Å²) in [6, 6.07) is 32.6. The predicted octanol–water partition coefficient (Wildman–Crippen LogP) is 8.86. The number of hydrogen-bond acceptors (Lipinski definition) is 1. The molecule has 0 saturated carbocycles. The average Bonchev–Trinajstić information content (AvgIpc) is 2.97. The molecule has 202 valence electrons. The van der Waals surface area contributed by atoms with Gasteiger partial charge in [0.25, 0.3) is 0 Å². The molecule has 0 aliphatic heterocycles. The lowest BCUT2D eigenvalue weighted by atomic mass is 10.0. The van der Waals surface area contributed by atoms with Crippen LogP contribution in [0.1, 0.15) is 89.0 Å². The Morgan fingerprint density at radius 3 is 1.39 bits per heavy atom. The fourth-order valence-electron chi connectivity index (χ4n) is 5.61. The van der Waals surface area contributed by atoms with Gasteiger partial charge in [-0.15, -0.1) is 6.58 Å². The maximum Gasteiger partial charge on any atom is 0.147 e. The zero-order valence-corrected chi connectivity index (χ0v) is 24.5. The molecule has 2 heteroatoms. The van der Waals surface area contributed by atoms with Crippen molar-refractivity contribution >= 4 is 24.2 Å². The third-order valence-corrected chi connectivity index (χ3v) is 12.3. The lowest BCUT2D eigenvalue weighted by Gasteiger charge is -2.29. The minimum absolute atomic E-state index is 0.396. The van der Waals surface area contributed by atoms with Crippen LogP contribution in [0.5, 0.6) is 0 Å². The molecule has 3 aromatic rings. The molecule has 0 aliphatic carbocycles. The largest absolute Gasteiger partial charge is 0.300 e. The first-order valence-electron chi connectivity index (χ1n) is 15.0. The minimum Gasteiger partial charge on any atom is -0.300 e. The standard InChI is InChI=1S/C36H48OSi/c1-2-38(35-28-20-14-21-29-35,36-30-22-15-23-31-36)32-34(37)27-19-12-10-8-6-4-3-5-7-9-11-16-24-33-25-17-13-18-26-33/h2,13-15,17-18,20-23,25-26,28-31H,1,3-12,16,19,24,27,32H2. The van der Waals surface area contributed by atoms with Crippen molar-refractivity contribution in [1.82, 2.24) is 0 Å². The van der Waals surface area contributed by atoms with Crippen molar-refractivity contribution < 1.29 is 4.79 Å². The molecule has 0 amide bonds. The number of benzene rings is 3. The highest BCUT2D eigenvalue weighted by Gasteiger charge is 2.36. The number of ketones is 1. The molecular formula is C36H48OSi. The molecule has 0 fully saturated rings. The molecule has 0 bridgehead atoms. The Bertz CT molecular complexity index is 989. The molecule has 0 spiro atoms. The Kier molecular flexibility index (Phi) is 13.9. The zero-order chi connectivity index (χ0) is 26.7. The molecular weight excluding hydrogens is 476 g/mol. The van der Waals surface area contributed by atoms with Gasteiger partial charge in [0, 0.05) is 12.5 Å². The number of rotatable bonds is 20. The second kappa shape index (κ2) is 17.7. The van der Waals surface area contributed by atoms with Crippen LogP contribution in [-0.4, -0.2) is 13.9 Å². The first-order chi connectivity index (χ1) is 18.7. The second-order valence-corrected chi connectivity index (χ2v) is 14.7. The maximum absolute atomic E-state index is 13.1. The molecule has 0 aliphatic rings. The Morgan fingerprint density at radius 2 is 0.947 bits per heavy atom. The van der Waals surface area contributed by atoms with Crippen LogP contribution in [0.25, 0.3) is 0 Å². The Hall–Kier alpha value is -2.71. The van der Waals surface area contributed by atoms with Crippen LogP contribution >= 0.6 is 0 Å². The molecule has 1 nitrogen and oxygen atoms in total. The topological polar surface area (TPSA) is 17.1 Å². The van der Waals surface area contributed by atoms with E-state index in [0.29, 0.717) is 18.2 Å². The van der Waals surface area contributed by atoms with Crippen LogP contribution in [-0.2, 0) is 11.2 Å². The predicted molar refractivity (Wildman–Crippen MR) is 168 cm³/mol. The van der Waals surface area contributed by atoms with Gasteiger partial charge >= 0.3 is 0 Å². The van der Waals surface area contributed by atoms with E-state index in [1.54, 1.807) is 0 Å². The quantitative estimate of drug-likeness (QED) is 0.107. The number of Topliss-reactive ketones (excluding diaryl/α,β-unsaturated/α-hetero) is 1. The summed E-state index contributed by atoms with van der Waals surface area (Å²) in [5.74, 6) is 0.396. The van der Waals surface area contributed by atoms with Gasteiger partial charge in [0.1, 0.15) is 13.9 Å². The van der Waals surface area contributed by atoms with Crippen molar-refractivity contribution in [3.8, 4) is 0 Å². The summed E-state index contributed by atoms with van der Waals surface area (Å²) in [6.07, 6.45) is 17.6. The first kappa shape index (κ1) is 29.8. The molecule has 0 radical (unpaired) electrons. The molecule has 3 rings (SSSR count). The van der Waals surface area contributed by atoms with Crippen LogP contribution in [0.15, 0.2) is 103 Å².